The van der Waals surface area contributed by atoms with Crippen LogP contribution in [0, 0.1) is 0 Å². The molecule has 0 fully saturated rings. The molecule has 0 bridgehead atoms. The first-order valence-electron chi connectivity index (χ1n) is 5.40. The Balaban J connectivity index is 0.000000921. The zero-order chi connectivity index (χ0) is 11.7. The Hall–Kier alpha value is -1.32. The van der Waals surface area contributed by atoms with E-state index in [9.17, 15) is 4.79 Å². The zero-order valence-electron chi connectivity index (χ0n) is 9.96. The van der Waals surface area contributed by atoms with Gasteiger partial charge in [-0.05, 0) is 0 Å². The molecule has 15 heavy (non-hydrogen) atoms. The maximum Gasteiger partial charge on any atom is 0.216 e. The van der Waals surface area contributed by atoms with Crippen molar-refractivity contribution in [3.05, 3.63) is 17.8 Å². The van der Waals surface area contributed by atoms with Crippen LogP contribution in [-0.2, 0) is 17.6 Å². The molecule has 0 unspecified atom stereocenters. The number of hydrogen-bond donors (Lipinski definition) is 1. The Morgan fingerprint density at radius 3 is 2.67 bits per heavy atom. The van der Waals surface area contributed by atoms with Gasteiger partial charge in [-0.15, -0.1) is 0 Å². The molecule has 1 aromatic rings. The standard InChI is InChI=1S/C9H14N2O2.C2H6/c1-3-8-6-11-9(13-8)4-5-10-7(2)12;1-2/h6H,3-5H2,1-2H3,(H,10,12);1-2H3. The van der Waals surface area contributed by atoms with E-state index in [1.54, 1.807) is 6.20 Å². The van der Waals surface area contributed by atoms with Crippen LogP contribution in [0.2, 0.25) is 0 Å². The van der Waals surface area contributed by atoms with Crippen LogP contribution in [0.3, 0.4) is 0 Å². The minimum Gasteiger partial charge on any atom is -0.446 e. The van der Waals surface area contributed by atoms with Crippen LogP contribution >= 0.6 is 0 Å². The Morgan fingerprint density at radius 1 is 1.53 bits per heavy atom. The average molecular weight is 212 g/mol. The second kappa shape index (κ2) is 8.03. The van der Waals surface area contributed by atoms with Gasteiger partial charge in [0.2, 0.25) is 5.91 Å². The fourth-order valence-electron chi connectivity index (χ4n) is 0.973. The smallest absolute Gasteiger partial charge is 0.216 e. The molecule has 0 atom stereocenters. The van der Waals surface area contributed by atoms with Gasteiger partial charge in [-0.2, -0.15) is 0 Å². The van der Waals surface area contributed by atoms with Crippen LogP contribution in [0.4, 0.5) is 0 Å². The van der Waals surface area contributed by atoms with E-state index in [0.29, 0.717) is 18.9 Å². The number of carbonyl (C=O) groups excluding carboxylic acids is 1. The van der Waals surface area contributed by atoms with Gasteiger partial charge >= 0.3 is 0 Å². The normalized spacial score (nSPS) is 9.07. The summed E-state index contributed by atoms with van der Waals surface area (Å²) in [4.78, 5) is 14.6. The van der Waals surface area contributed by atoms with Crippen LogP contribution in [0.25, 0.3) is 0 Å². The first-order valence-corrected chi connectivity index (χ1v) is 5.40. The molecule has 1 amide bonds. The van der Waals surface area contributed by atoms with E-state index in [1.165, 1.54) is 6.92 Å². The number of nitrogens with zero attached hydrogens (tertiary/aromatic N) is 1. The highest BCUT2D eigenvalue weighted by atomic mass is 16.4. The van der Waals surface area contributed by atoms with Gasteiger partial charge in [0.25, 0.3) is 0 Å². The van der Waals surface area contributed by atoms with Crippen LogP contribution in [0.1, 0.15) is 39.3 Å². The van der Waals surface area contributed by atoms with Gasteiger partial charge in [0.05, 0.1) is 6.20 Å². The molecule has 86 valence electrons. The van der Waals surface area contributed by atoms with Crippen LogP contribution in [0.5, 0.6) is 0 Å². The lowest BCUT2D eigenvalue weighted by molar-refractivity contribution is -0.118. The summed E-state index contributed by atoms with van der Waals surface area (Å²) in [6, 6.07) is 0. The third-order valence-corrected chi connectivity index (χ3v) is 1.66. The predicted octanol–water partition coefficient (Wildman–Crippen LogP) is 1.94. The first kappa shape index (κ1) is 13.7. The number of oxazole rings is 1. The van der Waals surface area contributed by atoms with E-state index >= 15 is 0 Å². The summed E-state index contributed by atoms with van der Waals surface area (Å²) < 4.78 is 5.35. The lowest BCUT2D eigenvalue weighted by atomic mass is 10.4. The van der Waals surface area contributed by atoms with E-state index in [4.69, 9.17) is 4.42 Å². The number of aromatic nitrogens is 1. The molecule has 0 spiro atoms. The van der Waals surface area contributed by atoms with Crippen molar-refractivity contribution in [2.45, 2.75) is 40.5 Å². The maximum absolute atomic E-state index is 10.5. The fraction of sp³-hybridized carbons (Fsp3) is 0.636. The first-order chi connectivity index (χ1) is 7.22. The number of carbonyl (C=O) groups is 1. The second-order valence-electron chi connectivity index (χ2n) is 2.81. The number of amides is 1. The Bertz CT molecular complexity index is 282. The van der Waals surface area contributed by atoms with Gasteiger partial charge in [-0.25, -0.2) is 4.98 Å². The molecule has 0 aliphatic carbocycles. The van der Waals surface area contributed by atoms with E-state index in [-0.39, 0.29) is 5.91 Å². The molecule has 1 rings (SSSR count). The van der Waals surface area contributed by atoms with Crippen LogP contribution < -0.4 is 5.32 Å². The van der Waals surface area contributed by atoms with Crippen molar-refractivity contribution in [1.82, 2.24) is 10.3 Å². The minimum atomic E-state index is -0.0257. The zero-order valence-corrected chi connectivity index (χ0v) is 9.96. The summed E-state index contributed by atoms with van der Waals surface area (Å²) in [5.74, 6) is 1.55. The Kier molecular flexibility index (Phi) is 7.32. The largest absolute Gasteiger partial charge is 0.446 e. The van der Waals surface area contributed by atoms with Crippen molar-refractivity contribution in [2.75, 3.05) is 6.54 Å². The highest BCUT2D eigenvalue weighted by Crippen LogP contribution is 2.03. The summed E-state index contributed by atoms with van der Waals surface area (Å²) in [5, 5.41) is 2.68. The third kappa shape index (κ3) is 5.88. The molecular formula is C11H20N2O2. The summed E-state index contributed by atoms with van der Waals surface area (Å²) in [6.07, 6.45) is 3.23. The highest BCUT2D eigenvalue weighted by molar-refractivity contribution is 5.72. The van der Waals surface area contributed by atoms with Crippen molar-refractivity contribution in [3.63, 3.8) is 0 Å². The maximum atomic E-state index is 10.5. The van der Waals surface area contributed by atoms with Crippen molar-refractivity contribution >= 4 is 5.91 Å². The third-order valence-electron chi connectivity index (χ3n) is 1.66. The topological polar surface area (TPSA) is 55.1 Å². The SMILES string of the molecule is CC.CCc1cnc(CCNC(C)=O)o1. The van der Waals surface area contributed by atoms with Gasteiger partial charge in [-0.1, -0.05) is 20.8 Å². The second-order valence-corrected chi connectivity index (χ2v) is 2.81. The molecule has 0 aliphatic rings. The molecular weight excluding hydrogens is 192 g/mol. The number of hydrogen-bond acceptors (Lipinski definition) is 3. The fourth-order valence-corrected chi connectivity index (χ4v) is 0.973. The van der Waals surface area contributed by atoms with Gasteiger partial charge < -0.3 is 9.73 Å². The lowest BCUT2D eigenvalue weighted by Gasteiger charge is -1.97. The Labute approximate surface area is 91.1 Å². The van der Waals surface area contributed by atoms with E-state index in [1.807, 2.05) is 20.8 Å². The number of nitrogens with one attached hydrogen (secondary N) is 1. The molecule has 4 heteroatoms. The molecule has 1 aromatic heterocycles. The minimum absolute atomic E-state index is 0.0257. The van der Waals surface area contributed by atoms with Crippen molar-refractivity contribution < 1.29 is 9.21 Å². The van der Waals surface area contributed by atoms with Gasteiger partial charge in [0.15, 0.2) is 5.89 Å². The molecule has 0 saturated heterocycles. The molecule has 1 heterocycles. The van der Waals surface area contributed by atoms with E-state index in [0.717, 1.165) is 12.2 Å². The van der Waals surface area contributed by atoms with Gasteiger partial charge in [-0.3, -0.25) is 4.79 Å². The summed E-state index contributed by atoms with van der Waals surface area (Å²) in [7, 11) is 0. The highest BCUT2D eigenvalue weighted by Gasteiger charge is 2.01. The van der Waals surface area contributed by atoms with E-state index in [2.05, 4.69) is 10.3 Å². The molecule has 0 saturated carbocycles. The number of rotatable bonds is 4. The lowest BCUT2D eigenvalue weighted by Crippen LogP contribution is -2.22. The monoisotopic (exact) mass is 212 g/mol. The van der Waals surface area contributed by atoms with Crippen molar-refractivity contribution in [1.29, 1.82) is 0 Å². The van der Waals surface area contributed by atoms with E-state index < -0.39 is 0 Å². The molecule has 1 N–H and O–H groups in total. The van der Waals surface area contributed by atoms with Crippen LogP contribution in [-0.4, -0.2) is 17.4 Å². The molecule has 0 radical (unpaired) electrons. The van der Waals surface area contributed by atoms with Crippen LogP contribution in [0.15, 0.2) is 10.6 Å². The number of aryl methyl sites for hydroxylation is 1. The quantitative estimate of drug-likeness (QED) is 0.829. The summed E-state index contributed by atoms with van der Waals surface area (Å²) >= 11 is 0. The predicted molar refractivity (Wildman–Crippen MR) is 59.6 cm³/mol. The molecule has 0 aromatic carbocycles. The molecule has 0 aliphatic heterocycles. The average Bonchev–Trinajstić information content (AvgIpc) is 2.68. The molecule has 4 nitrogen and oxygen atoms in total. The van der Waals surface area contributed by atoms with Gasteiger partial charge in [0.1, 0.15) is 5.76 Å². The van der Waals surface area contributed by atoms with Crippen molar-refractivity contribution in [2.24, 2.45) is 0 Å². The van der Waals surface area contributed by atoms with Gasteiger partial charge in [0, 0.05) is 26.3 Å². The summed E-state index contributed by atoms with van der Waals surface area (Å²) in [6.45, 7) is 8.09. The summed E-state index contributed by atoms with van der Waals surface area (Å²) in [5.41, 5.74) is 0. The van der Waals surface area contributed by atoms with Crippen molar-refractivity contribution in [3.8, 4) is 0 Å². The Morgan fingerprint density at radius 2 is 2.20 bits per heavy atom.